The molecule has 0 unspecified atom stereocenters. The highest BCUT2D eigenvalue weighted by atomic mass is 32.2. The predicted molar refractivity (Wildman–Crippen MR) is 126 cm³/mol. The lowest BCUT2D eigenvalue weighted by molar-refractivity contribution is -0.123. The van der Waals surface area contributed by atoms with E-state index in [4.69, 9.17) is 4.74 Å². The second-order valence-corrected chi connectivity index (χ2v) is 9.86. The van der Waals surface area contributed by atoms with E-state index in [2.05, 4.69) is 5.32 Å². The molecule has 1 amide bonds. The second-order valence-electron chi connectivity index (χ2n) is 7.77. The van der Waals surface area contributed by atoms with Gasteiger partial charge in [0.25, 0.3) is 5.91 Å². The molecule has 0 radical (unpaired) electrons. The van der Waals surface area contributed by atoms with Gasteiger partial charge in [-0.25, -0.2) is 12.7 Å². The van der Waals surface area contributed by atoms with E-state index >= 15 is 0 Å². The second kappa shape index (κ2) is 10.4. The van der Waals surface area contributed by atoms with Gasteiger partial charge in [0.1, 0.15) is 5.75 Å². The van der Waals surface area contributed by atoms with Crippen molar-refractivity contribution in [2.75, 3.05) is 19.9 Å². The number of nitrogens with one attached hydrogen (secondary N) is 1. The minimum absolute atomic E-state index is 0.127. The molecule has 3 aromatic carbocycles. The van der Waals surface area contributed by atoms with Gasteiger partial charge in [-0.2, -0.15) is 0 Å². The smallest absolute Gasteiger partial charge is 0.258 e. The standard InChI is InChI=1S/C25H28N2O4S/c1-19-9-13-22(14-10-19)25(21-7-5-4-6-8-21)26-24(28)18-31-23-15-11-20(12-16-23)17-27(2)32(3,29)30/h4-16,25H,17-18H2,1-3H3,(H,26,28)/t25-/m0/s1. The molecule has 7 heteroatoms. The summed E-state index contributed by atoms with van der Waals surface area (Å²) < 4.78 is 30.0. The third kappa shape index (κ3) is 6.67. The number of rotatable bonds is 9. The normalized spacial score (nSPS) is 12.4. The van der Waals surface area contributed by atoms with E-state index in [0.29, 0.717) is 5.75 Å². The number of hydrogen-bond acceptors (Lipinski definition) is 4. The van der Waals surface area contributed by atoms with Crippen LogP contribution in [0.25, 0.3) is 0 Å². The van der Waals surface area contributed by atoms with Crippen molar-refractivity contribution in [3.8, 4) is 5.75 Å². The van der Waals surface area contributed by atoms with Crippen molar-refractivity contribution in [1.82, 2.24) is 9.62 Å². The van der Waals surface area contributed by atoms with Crippen molar-refractivity contribution in [3.63, 3.8) is 0 Å². The number of sulfonamides is 1. The number of benzene rings is 3. The Morgan fingerprint density at radius 1 is 0.938 bits per heavy atom. The SMILES string of the molecule is Cc1ccc([C@@H](NC(=O)COc2ccc(CN(C)S(C)(=O)=O)cc2)c2ccccc2)cc1. The van der Waals surface area contributed by atoms with Crippen molar-refractivity contribution in [1.29, 1.82) is 0 Å². The summed E-state index contributed by atoms with van der Waals surface area (Å²) in [5.74, 6) is 0.304. The summed E-state index contributed by atoms with van der Waals surface area (Å²) in [4.78, 5) is 12.7. The number of ether oxygens (including phenoxy) is 1. The van der Waals surface area contributed by atoms with E-state index in [1.165, 1.54) is 17.6 Å². The monoisotopic (exact) mass is 452 g/mol. The maximum absolute atomic E-state index is 12.7. The van der Waals surface area contributed by atoms with Crippen LogP contribution in [0.5, 0.6) is 5.75 Å². The Balaban J connectivity index is 1.62. The number of carbonyl (C=O) groups is 1. The minimum atomic E-state index is -3.24. The van der Waals surface area contributed by atoms with Gasteiger partial charge in [-0.1, -0.05) is 72.3 Å². The molecule has 0 saturated heterocycles. The van der Waals surface area contributed by atoms with E-state index in [9.17, 15) is 13.2 Å². The van der Waals surface area contributed by atoms with Crippen LogP contribution in [0.1, 0.15) is 28.3 Å². The maximum atomic E-state index is 12.7. The van der Waals surface area contributed by atoms with Gasteiger partial charge in [-0.05, 0) is 35.7 Å². The van der Waals surface area contributed by atoms with E-state index < -0.39 is 10.0 Å². The number of carbonyl (C=O) groups excluding carboxylic acids is 1. The molecule has 32 heavy (non-hydrogen) atoms. The van der Waals surface area contributed by atoms with Crippen LogP contribution in [0.2, 0.25) is 0 Å². The third-order valence-electron chi connectivity index (χ3n) is 5.11. The zero-order chi connectivity index (χ0) is 23.1. The van der Waals surface area contributed by atoms with Gasteiger partial charge in [0.05, 0.1) is 12.3 Å². The highest BCUT2D eigenvalue weighted by Gasteiger charge is 2.17. The van der Waals surface area contributed by atoms with Gasteiger partial charge < -0.3 is 10.1 Å². The molecule has 0 heterocycles. The molecule has 6 nitrogen and oxygen atoms in total. The lowest BCUT2D eigenvalue weighted by Gasteiger charge is -2.20. The van der Waals surface area contributed by atoms with E-state index in [1.807, 2.05) is 61.5 Å². The van der Waals surface area contributed by atoms with Gasteiger partial charge in [-0.3, -0.25) is 4.79 Å². The van der Waals surface area contributed by atoms with Crippen LogP contribution in [0, 0.1) is 6.92 Å². The van der Waals surface area contributed by atoms with Crippen LogP contribution in [0.3, 0.4) is 0 Å². The lowest BCUT2D eigenvalue weighted by Crippen LogP contribution is -2.33. The summed E-state index contributed by atoms with van der Waals surface area (Å²) in [5, 5.41) is 3.06. The quantitative estimate of drug-likeness (QED) is 0.538. The maximum Gasteiger partial charge on any atom is 0.258 e. The van der Waals surface area contributed by atoms with Crippen molar-refractivity contribution < 1.29 is 17.9 Å². The predicted octanol–water partition coefficient (Wildman–Crippen LogP) is 3.67. The topological polar surface area (TPSA) is 75.7 Å². The summed E-state index contributed by atoms with van der Waals surface area (Å²) in [6, 6.07) is 24.6. The summed E-state index contributed by atoms with van der Waals surface area (Å²) in [6.07, 6.45) is 1.17. The molecule has 0 fully saturated rings. The van der Waals surface area contributed by atoms with Gasteiger partial charge in [0, 0.05) is 13.6 Å². The summed E-state index contributed by atoms with van der Waals surface area (Å²) in [7, 11) is -1.71. The number of amides is 1. The van der Waals surface area contributed by atoms with Crippen molar-refractivity contribution in [3.05, 3.63) is 101 Å². The van der Waals surface area contributed by atoms with Crippen LogP contribution in [0.4, 0.5) is 0 Å². The zero-order valence-corrected chi connectivity index (χ0v) is 19.3. The Kier molecular flexibility index (Phi) is 7.66. The Morgan fingerprint density at radius 3 is 2.12 bits per heavy atom. The molecule has 0 aliphatic rings. The molecule has 3 rings (SSSR count). The summed E-state index contributed by atoms with van der Waals surface area (Å²) >= 11 is 0. The highest BCUT2D eigenvalue weighted by molar-refractivity contribution is 7.88. The Labute approximate surface area is 189 Å². The Hall–Kier alpha value is -3.16. The highest BCUT2D eigenvalue weighted by Crippen LogP contribution is 2.22. The summed E-state index contributed by atoms with van der Waals surface area (Å²) in [5.41, 5.74) is 3.97. The van der Waals surface area contributed by atoms with Crippen LogP contribution >= 0.6 is 0 Å². The molecule has 0 saturated carbocycles. The molecule has 0 spiro atoms. The molecular formula is C25H28N2O4S. The van der Waals surface area contributed by atoms with Crippen molar-refractivity contribution in [2.45, 2.75) is 19.5 Å². The molecule has 0 aromatic heterocycles. The largest absolute Gasteiger partial charge is 0.484 e. The Bertz CT molecular complexity index is 1130. The Morgan fingerprint density at radius 2 is 1.53 bits per heavy atom. The van der Waals surface area contributed by atoms with Gasteiger partial charge in [0.2, 0.25) is 10.0 Å². The molecule has 0 bridgehead atoms. The van der Waals surface area contributed by atoms with E-state index in [1.54, 1.807) is 24.3 Å². The lowest BCUT2D eigenvalue weighted by atomic mass is 9.98. The first-order chi connectivity index (χ1) is 15.2. The van der Waals surface area contributed by atoms with Gasteiger partial charge in [-0.15, -0.1) is 0 Å². The fourth-order valence-corrected chi connectivity index (χ4v) is 3.56. The number of nitrogens with zero attached hydrogens (tertiary/aromatic N) is 1. The van der Waals surface area contributed by atoms with E-state index in [-0.39, 0.29) is 25.1 Å². The molecule has 1 N–H and O–H groups in total. The van der Waals surface area contributed by atoms with Crippen LogP contribution < -0.4 is 10.1 Å². The van der Waals surface area contributed by atoms with Crippen LogP contribution in [0.15, 0.2) is 78.9 Å². The average Bonchev–Trinajstić information content (AvgIpc) is 2.77. The van der Waals surface area contributed by atoms with Crippen molar-refractivity contribution >= 4 is 15.9 Å². The molecular weight excluding hydrogens is 424 g/mol. The fraction of sp³-hybridized carbons (Fsp3) is 0.240. The molecule has 1 atom stereocenters. The van der Waals surface area contributed by atoms with E-state index in [0.717, 1.165) is 22.3 Å². The van der Waals surface area contributed by atoms with Crippen LogP contribution in [-0.2, 0) is 21.4 Å². The number of aryl methyl sites for hydroxylation is 1. The molecule has 168 valence electrons. The number of hydrogen-bond donors (Lipinski definition) is 1. The first kappa shape index (κ1) is 23.5. The third-order valence-corrected chi connectivity index (χ3v) is 6.37. The van der Waals surface area contributed by atoms with Crippen LogP contribution in [-0.4, -0.2) is 38.5 Å². The van der Waals surface area contributed by atoms with Gasteiger partial charge in [0.15, 0.2) is 6.61 Å². The fourth-order valence-electron chi connectivity index (χ4n) is 3.18. The first-order valence-electron chi connectivity index (χ1n) is 10.3. The average molecular weight is 453 g/mol. The first-order valence-corrected chi connectivity index (χ1v) is 12.1. The molecule has 3 aromatic rings. The molecule has 0 aliphatic heterocycles. The van der Waals surface area contributed by atoms with Crippen molar-refractivity contribution in [2.24, 2.45) is 0 Å². The zero-order valence-electron chi connectivity index (χ0n) is 18.5. The molecule has 0 aliphatic carbocycles. The summed E-state index contributed by atoms with van der Waals surface area (Å²) in [6.45, 7) is 2.17. The van der Waals surface area contributed by atoms with Gasteiger partial charge >= 0.3 is 0 Å². The minimum Gasteiger partial charge on any atom is -0.484 e.